The van der Waals surface area contributed by atoms with Crippen LogP contribution in [0.4, 0.5) is 5.69 Å². The molecule has 0 saturated carbocycles. The highest BCUT2D eigenvalue weighted by Crippen LogP contribution is 2.22. The van der Waals surface area contributed by atoms with Crippen LogP contribution >= 0.6 is 0 Å². The second kappa shape index (κ2) is 12.1. The fourth-order valence-electron chi connectivity index (χ4n) is 3.85. The van der Waals surface area contributed by atoms with Gasteiger partial charge in [-0.25, -0.2) is 13.1 Å². The highest BCUT2D eigenvalue weighted by atomic mass is 32.2. The maximum absolute atomic E-state index is 12.3. The van der Waals surface area contributed by atoms with Gasteiger partial charge in [0.15, 0.2) is 4.91 Å². The molecule has 0 bridgehead atoms. The predicted octanol–water partition coefficient (Wildman–Crippen LogP) is 2.26. The molecule has 33 heavy (non-hydrogen) atoms. The standard InChI is InChI=1S/C24H32N4O4S/c25-16-24(33(31,32)27-17-23(30)18-29)14-19-5-6-21-15-22(8-7-20(21)13-19)26-9-12-28-10-3-1-2-4-11-28/h5-8,13-15,23,26-27,29-30H,1-4,9-12,17-18H2/b24-14+. The van der Waals surface area contributed by atoms with Crippen molar-refractivity contribution in [1.82, 2.24) is 9.62 Å². The van der Waals surface area contributed by atoms with Gasteiger partial charge in [0.05, 0.1) is 12.7 Å². The first-order valence-electron chi connectivity index (χ1n) is 11.3. The Labute approximate surface area is 195 Å². The van der Waals surface area contributed by atoms with Crippen LogP contribution in [0.5, 0.6) is 0 Å². The molecule has 178 valence electrons. The molecule has 3 rings (SSSR count). The molecular weight excluding hydrogens is 440 g/mol. The van der Waals surface area contributed by atoms with Crippen molar-refractivity contribution in [1.29, 1.82) is 5.26 Å². The largest absolute Gasteiger partial charge is 0.394 e. The molecule has 1 aliphatic heterocycles. The Kier molecular flexibility index (Phi) is 9.23. The molecule has 0 aliphatic carbocycles. The number of nitrogens with one attached hydrogen (secondary N) is 2. The zero-order valence-corrected chi connectivity index (χ0v) is 19.5. The van der Waals surface area contributed by atoms with Crippen LogP contribution < -0.4 is 10.0 Å². The van der Waals surface area contributed by atoms with Gasteiger partial charge in [0, 0.05) is 25.3 Å². The molecule has 0 aromatic heterocycles. The second-order valence-electron chi connectivity index (χ2n) is 8.31. The summed E-state index contributed by atoms with van der Waals surface area (Å²) in [5, 5.41) is 32.9. The molecule has 8 nitrogen and oxygen atoms in total. The fraction of sp³-hybridized carbons (Fsp3) is 0.458. The summed E-state index contributed by atoms with van der Waals surface area (Å²) in [4.78, 5) is 2.05. The Morgan fingerprint density at radius 2 is 1.82 bits per heavy atom. The highest BCUT2D eigenvalue weighted by molar-refractivity contribution is 7.93. The summed E-state index contributed by atoms with van der Waals surface area (Å²) in [5.41, 5.74) is 1.61. The lowest BCUT2D eigenvalue weighted by atomic mass is 10.1. The lowest BCUT2D eigenvalue weighted by Gasteiger charge is -2.20. The summed E-state index contributed by atoms with van der Waals surface area (Å²) in [7, 11) is -4.09. The van der Waals surface area contributed by atoms with Crippen molar-refractivity contribution in [2.45, 2.75) is 31.8 Å². The molecule has 0 spiro atoms. The number of nitriles is 1. The molecule has 0 amide bonds. The molecule has 9 heteroatoms. The Morgan fingerprint density at radius 3 is 2.52 bits per heavy atom. The molecule has 1 saturated heterocycles. The van der Waals surface area contributed by atoms with Crippen molar-refractivity contribution in [3.63, 3.8) is 0 Å². The number of hydrogen-bond donors (Lipinski definition) is 4. The lowest BCUT2D eigenvalue weighted by molar-refractivity contribution is 0.0989. The zero-order valence-electron chi connectivity index (χ0n) is 18.7. The summed E-state index contributed by atoms with van der Waals surface area (Å²) in [6.07, 6.45) is 5.28. The molecule has 1 heterocycles. The van der Waals surface area contributed by atoms with Crippen LogP contribution in [0.2, 0.25) is 0 Å². The van der Waals surface area contributed by atoms with Gasteiger partial charge >= 0.3 is 0 Å². The fourth-order valence-corrected chi connectivity index (χ4v) is 4.83. The molecule has 2 aromatic rings. The van der Waals surface area contributed by atoms with E-state index >= 15 is 0 Å². The Bertz CT molecular complexity index is 1100. The third-order valence-corrected chi connectivity index (χ3v) is 7.07. The molecule has 2 aromatic carbocycles. The topological polar surface area (TPSA) is 126 Å². The van der Waals surface area contributed by atoms with E-state index in [1.54, 1.807) is 12.1 Å². The van der Waals surface area contributed by atoms with Gasteiger partial charge in [-0.3, -0.25) is 0 Å². The molecule has 0 radical (unpaired) electrons. The number of nitrogens with zero attached hydrogens (tertiary/aromatic N) is 2. The maximum Gasteiger partial charge on any atom is 0.250 e. The van der Waals surface area contributed by atoms with E-state index in [9.17, 15) is 18.8 Å². The smallest absolute Gasteiger partial charge is 0.250 e. The minimum atomic E-state index is -4.09. The lowest BCUT2D eigenvalue weighted by Crippen LogP contribution is -2.34. The number of likely N-dealkylation sites (tertiary alicyclic amines) is 1. The van der Waals surface area contributed by atoms with Crippen molar-refractivity contribution >= 4 is 32.6 Å². The number of sulfonamides is 1. The first-order valence-corrected chi connectivity index (χ1v) is 12.8. The van der Waals surface area contributed by atoms with Gasteiger partial charge in [-0.05, 0) is 66.5 Å². The van der Waals surface area contributed by atoms with E-state index in [0.29, 0.717) is 5.56 Å². The third kappa shape index (κ3) is 7.52. The Morgan fingerprint density at radius 1 is 1.12 bits per heavy atom. The zero-order chi connectivity index (χ0) is 23.7. The molecule has 4 N–H and O–H groups in total. The number of rotatable bonds is 10. The Hall–Kier alpha value is -2.48. The number of aliphatic hydroxyl groups is 2. The monoisotopic (exact) mass is 472 g/mol. The first-order chi connectivity index (χ1) is 15.9. The number of hydrogen-bond acceptors (Lipinski definition) is 7. The van der Waals surface area contributed by atoms with E-state index in [0.717, 1.165) is 29.5 Å². The minimum Gasteiger partial charge on any atom is -0.394 e. The quantitative estimate of drug-likeness (QED) is 0.391. The average Bonchev–Trinajstić information content (AvgIpc) is 3.09. The van der Waals surface area contributed by atoms with Crippen LogP contribution in [0.1, 0.15) is 31.2 Å². The summed E-state index contributed by atoms with van der Waals surface area (Å²) in [5.74, 6) is 0. The van der Waals surface area contributed by atoms with Crippen molar-refractivity contribution < 1.29 is 18.6 Å². The summed E-state index contributed by atoms with van der Waals surface area (Å²) in [6.45, 7) is 3.31. The Balaban J connectivity index is 1.66. The molecule has 1 fully saturated rings. The average molecular weight is 473 g/mol. The van der Waals surface area contributed by atoms with Crippen molar-refractivity contribution in [2.24, 2.45) is 0 Å². The van der Waals surface area contributed by atoms with Gasteiger partial charge in [-0.15, -0.1) is 0 Å². The molecule has 1 unspecified atom stereocenters. The third-order valence-electron chi connectivity index (χ3n) is 5.74. The van der Waals surface area contributed by atoms with Crippen molar-refractivity contribution in [2.75, 3.05) is 44.6 Å². The second-order valence-corrected chi connectivity index (χ2v) is 10.0. The van der Waals surface area contributed by atoms with Crippen LogP contribution in [-0.2, 0) is 10.0 Å². The minimum absolute atomic E-state index is 0.372. The maximum atomic E-state index is 12.3. The van der Waals surface area contributed by atoms with E-state index < -0.39 is 27.6 Å². The van der Waals surface area contributed by atoms with Gasteiger partial charge in [-0.1, -0.05) is 31.0 Å². The number of aliphatic hydroxyl groups excluding tert-OH is 2. The normalized spacial score (nSPS) is 16.8. The van der Waals surface area contributed by atoms with Gasteiger partial charge in [0.1, 0.15) is 6.07 Å². The number of allylic oxidation sites excluding steroid dienone is 1. The van der Waals surface area contributed by atoms with Gasteiger partial charge in [-0.2, -0.15) is 5.26 Å². The molecule has 1 atom stereocenters. The van der Waals surface area contributed by atoms with E-state index in [-0.39, 0.29) is 6.54 Å². The number of benzene rings is 2. The van der Waals surface area contributed by atoms with Gasteiger partial charge in [0.2, 0.25) is 0 Å². The van der Waals surface area contributed by atoms with Gasteiger partial charge < -0.3 is 20.4 Å². The van der Waals surface area contributed by atoms with E-state index in [4.69, 9.17) is 5.11 Å². The SMILES string of the molecule is N#C/C(=C\c1ccc2cc(NCCN3CCCCCC3)ccc2c1)S(=O)(=O)NCC(O)CO. The highest BCUT2D eigenvalue weighted by Gasteiger charge is 2.18. The van der Waals surface area contributed by atoms with Crippen LogP contribution in [0.3, 0.4) is 0 Å². The first kappa shape index (κ1) is 25.1. The van der Waals surface area contributed by atoms with Crippen molar-refractivity contribution in [3.8, 4) is 6.07 Å². The number of anilines is 1. The predicted molar refractivity (Wildman–Crippen MR) is 131 cm³/mol. The molecular formula is C24H32N4O4S. The van der Waals surface area contributed by atoms with Crippen LogP contribution in [0, 0.1) is 11.3 Å². The number of fused-ring (bicyclic) bond motifs is 1. The van der Waals surface area contributed by atoms with Crippen LogP contribution in [0.15, 0.2) is 41.3 Å². The summed E-state index contributed by atoms with van der Waals surface area (Å²) < 4.78 is 26.8. The molecule has 1 aliphatic rings. The van der Waals surface area contributed by atoms with Crippen molar-refractivity contribution in [3.05, 3.63) is 46.9 Å². The van der Waals surface area contributed by atoms with Crippen LogP contribution in [0.25, 0.3) is 16.8 Å². The van der Waals surface area contributed by atoms with E-state index in [1.807, 2.05) is 24.3 Å². The van der Waals surface area contributed by atoms with Gasteiger partial charge in [0.25, 0.3) is 10.0 Å². The summed E-state index contributed by atoms with van der Waals surface area (Å²) >= 11 is 0. The van der Waals surface area contributed by atoms with E-state index in [1.165, 1.54) is 44.8 Å². The van der Waals surface area contributed by atoms with E-state index in [2.05, 4.69) is 21.0 Å². The summed E-state index contributed by atoms with van der Waals surface area (Å²) in [6, 6.07) is 13.2. The van der Waals surface area contributed by atoms with Crippen LogP contribution in [-0.4, -0.2) is 69.0 Å².